The summed E-state index contributed by atoms with van der Waals surface area (Å²) in [5.41, 5.74) is 8.98. The maximum absolute atomic E-state index is 4.73. The molecular weight excluding hydrogens is 701 g/mol. The average molecular weight is 745 g/mol. The zero-order valence-corrected chi connectivity index (χ0v) is 32.4. The summed E-state index contributed by atoms with van der Waals surface area (Å²) in [6.07, 6.45) is 5.86. The SMILES string of the molecule is Cc1ccc2c(CC3CN(c4ccc(N5CC(Cc6ccnc7nc(C)ccc67)C(Sc6ccccc6)C5)cc4)CC3Sc3ccccc3)ccnc2n1. The topological polar surface area (TPSA) is 58.0 Å². The van der Waals surface area contributed by atoms with E-state index >= 15 is 0 Å². The molecule has 4 unspecified atom stereocenters. The first kappa shape index (κ1) is 34.8. The zero-order chi connectivity index (χ0) is 36.4. The molecule has 4 atom stereocenters. The highest BCUT2D eigenvalue weighted by Crippen LogP contribution is 2.41. The van der Waals surface area contributed by atoms with Gasteiger partial charge in [0.15, 0.2) is 11.3 Å². The standard InChI is InChI=1S/C46H44N6S2/c1-31-13-19-41-33(21-23-47-45(41)49-31)25-35-27-51(29-43(35)53-39-9-5-3-6-10-39)37-15-17-38(18-16-37)52-28-36(44(30-52)54-40-11-7-4-8-12-40)26-34-22-24-48-46-42(34)20-14-32(2)50-46/h3-24,35-36,43-44H,25-30H2,1-2H3. The number of fused-ring (bicyclic) bond motifs is 2. The Kier molecular flexibility index (Phi) is 9.96. The minimum absolute atomic E-state index is 0.465. The fraction of sp³-hybridized carbons (Fsp3) is 0.261. The highest BCUT2D eigenvalue weighted by Gasteiger charge is 2.36. The summed E-state index contributed by atoms with van der Waals surface area (Å²) in [5, 5.41) is 3.27. The second-order valence-electron chi connectivity index (χ2n) is 14.8. The van der Waals surface area contributed by atoms with E-state index in [9.17, 15) is 0 Å². The molecule has 0 amide bonds. The number of hydrogen-bond donors (Lipinski definition) is 0. The van der Waals surface area contributed by atoms with Gasteiger partial charge >= 0.3 is 0 Å². The van der Waals surface area contributed by atoms with E-state index in [1.807, 2.05) is 49.8 Å². The van der Waals surface area contributed by atoms with Gasteiger partial charge in [0.25, 0.3) is 0 Å². The lowest BCUT2D eigenvalue weighted by molar-refractivity contribution is 0.600. The van der Waals surface area contributed by atoms with Crippen molar-refractivity contribution in [1.29, 1.82) is 0 Å². The lowest BCUT2D eigenvalue weighted by Crippen LogP contribution is -2.22. The van der Waals surface area contributed by atoms with E-state index in [0.717, 1.165) is 61.7 Å². The second kappa shape index (κ2) is 15.4. The molecule has 2 saturated heterocycles. The molecule has 0 spiro atoms. The normalized spacial score (nSPS) is 20.0. The first-order chi connectivity index (χ1) is 26.5. The molecule has 0 bridgehead atoms. The summed E-state index contributed by atoms with van der Waals surface area (Å²) < 4.78 is 0. The molecule has 2 aliphatic heterocycles. The van der Waals surface area contributed by atoms with Crippen LogP contribution in [0.3, 0.4) is 0 Å². The van der Waals surface area contributed by atoms with Gasteiger partial charge in [0.1, 0.15) is 0 Å². The van der Waals surface area contributed by atoms with Crippen molar-refractivity contribution >= 4 is 57.0 Å². The van der Waals surface area contributed by atoms with Crippen LogP contribution in [0.2, 0.25) is 0 Å². The summed E-state index contributed by atoms with van der Waals surface area (Å²) >= 11 is 4.04. The van der Waals surface area contributed by atoms with Crippen molar-refractivity contribution in [3.63, 3.8) is 0 Å². The van der Waals surface area contributed by atoms with Gasteiger partial charge in [0.2, 0.25) is 0 Å². The molecule has 0 N–H and O–H groups in total. The molecule has 0 saturated carbocycles. The fourth-order valence-electron chi connectivity index (χ4n) is 8.27. The van der Waals surface area contributed by atoms with E-state index < -0.39 is 0 Å². The van der Waals surface area contributed by atoms with Gasteiger partial charge in [-0.25, -0.2) is 19.9 Å². The van der Waals surface area contributed by atoms with Crippen LogP contribution in [0.4, 0.5) is 11.4 Å². The van der Waals surface area contributed by atoms with E-state index in [4.69, 9.17) is 9.97 Å². The molecule has 7 aromatic rings. The largest absolute Gasteiger partial charge is 0.370 e. The van der Waals surface area contributed by atoms with Crippen LogP contribution in [0.25, 0.3) is 22.1 Å². The van der Waals surface area contributed by atoms with Crippen molar-refractivity contribution in [3.05, 3.63) is 156 Å². The molecule has 3 aromatic carbocycles. The Balaban J connectivity index is 0.948. The Morgan fingerprint density at radius 3 is 1.35 bits per heavy atom. The summed E-state index contributed by atoms with van der Waals surface area (Å²) in [7, 11) is 0. The summed E-state index contributed by atoms with van der Waals surface area (Å²) in [4.78, 5) is 26.5. The number of pyridine rings is 4. The average Bonchev–Trinajstić information content (AvgIpc) is 3.78. The zero-order valence-electron chi connectivity index (χ0n) is 30.8. The molecule has 8 heteroatoms. The molecule has 270 valence electrons. The first-order valence-corrected chi connectivity index (χ1v) is 20.7. The van der Waals surface area contributed by atoms with Gasteiger partial charge in [-0.1, -0.05) is 36.4 Å². The monoisotopic (exact) mass is 744 g/mol. The molecule has 4 aromatic heterocycles. The van der Waals surface area contributed by atoms with Gasteiger partial charge in [0, 0.05) is 92.4 Å². The lowest BCUT2D eigenvalue weighted by atomic mass is 9.96. The Bertz CT molecular complexity index is 2200. The highest BCUT2D eigenvalue weighted by atomic mass is 32.2. The molecule has 0 aliphatic carbocycles. The van der Waals surface area contributed by atoms with Crippen molar-refractivity contribution in [2.75, 3.05) is 36.0 Å². The van der Waals surface area contributed by atoms with E-state index in [2.05, 4.69) is 141 Å². The van der Waals surface area contributed by atoms with Crippen LogP contribution in [0.15, 0.2) is 144 Å². The smallest absolute Gasteiger partial charge is 0.159 e. The maximum Gasteiger partial charge on any atom is 0.159 e. The van der Waals surface area contributed by atoms with E-state index in [-0.39, 0.29) is 0 Å². The molecule has 9 rings (SSSR count). The lowest BCUT2D eigenvalue weighted by Gasteiger charge is -2.22. The molecular formula is C46H44N6S2. The minimum Gasteiger partial charge on any atom is -0.370 e. The number of nitrogens with zero attached hydrogens (tertiary/aromatic N) is 6. The molecule has 0 radical (unpaired) electrons. The predicted molar refractivity (Wildman–Crippen MR) is 226 cm³/mol. The Labute approximate surface area is 326 Å². The maximum atomic E-state index is 4.73. The number of benzene rings is 3. The molecule has 6 nitrogen and oxygen atoms in total. The summed E-state index contributed by atoms with van der Waals surface area (Å²) in [6.45, 7) is 8.13. The number of aryl methyl sites for hydroxylation is 2. The molecule has 54 heavy (non-hydrogen) atoms. The van der Waals surface area contributed by atoms with Crippen molar-refractivity contribution in [2.45, 2.75) is 47.0 Å². The van der Waals surface area contributed by atoms with Crippen LogP contribution < -0.4 is 9.80 Å². The number of thioether (sulfide) groups is 2. The fourth-order valence-corrected chi connectivity index (χ4v) is 10.9. The van der Waals surface area contributed by atoms with Crippen LogP contribution in [0, 0.1) is 25.7 Å². The Morgan fingerprint density at radius 1 is 0.500 bits per heavy atom. The van der Waals surface area contributed by atoms with Crippen LogP contribution in [0.1, 0.15) is 22.5 Å². The van der Waals surface area contributed by atoms with Crippen molar-refractivity contribution in [3.8, 4) is 0 Å². The molecule has 6 heterocycles. The van der Waals surface area contributed by atoms with E-state index in [1.165, 1.54) is 43.1 Å². The van der Waals surface area contributed by atoms with Gasteiger partial charge in [-0.2, -0.15) is 0 Å². The van der Waals surface area contributed by atoms with E-state index in [1.54, 1.807) is 0 Å². The van der Waals surface area contributed by atoms with Crippen LogP contribution in [-0.4, -0.2) is 56.6 Å². The molecule has 2 fully saturated rings. The van der Waals surface area contributed by atoms with Gasteiger partial charge in [-0.05, 0) is 135 Å². The Hall–Kier alpha value is -4.92. The first-order valence-electron chi connectivity index (χ1n) is 19.0. The minimum atomic E-state index is 0.465. The number of rotatable bonds is 10. The van der Waals surface area contributed by atoms with Crippen LogP contribution in [-0.2, 0) is 12.8 Å². The molecule has 2 aliphatic rings. The highest BCUT2D eigenvalue weighted by molar-refractivity contribution is 8.00. The number of aromatic nitrogens is 4. The van der Waals surface area contributed by atoms with Gasteiger partial charge in [-0.15, -0.1) is 23.5 Å². The van der Waals surface area contributed by atoms with Crippen molar-refractivity contribution in [2.24, 2.45) is 11.8 Å². The van der Waals surface area contributed by atoms with Crippen molar-refractivity contribution < 1.29 is 0 Å². The summed E-state index contributed by atoms with van der Waals surface area (Å²) in [6, 6.07) is 44.2. The van der Waals surface area contributed by atoms with E-state index in [0.29, 0.717) is 22.3 Å². The van der Waals surface area contributed by atoms with Gasteiger partial charge < -0.3 is 9.80 Å². The third-order valence-electron chi connectivity index (χ3n) is 11.0. The number of anilines is 2. The third-order valence-corrected chi connectivity index (χ3v) is 13.8. The van der Waals surface area contributed by atoms with Crippen molar-refractivity contribution in [1.82, 2.24) is 19.9 Å². The van der Waals surface area contributed by atoms with Crippen LogP contribution in [0.5, 0.6) is 0 Å². The quantitative estimate of drug-likeness (QED) is 0.137. The second-order valence-corrected chi connectivity index (χ2v) is 17.4. The summed E-state index contributed by atoms with van der Waals surface area (Å²) in [5.74, 6) is 0.973. The Morgan fingerprint density at radius 2 is 0.926 bits per heavy atom. The third kappa shape index (κ3) is 7.55. The van der Waals surface area contributed by atoms with Gasteiger partial charge in [0.05, 0.1) is 0 Å². The van der Waals surface area contributed by atoms with Gasteiger partial charge in [-0.3, -0.25) is 0 Å². The van der Waals surface area contributed by atoms with Crippen LogP contribution >= 0.6 is 23.5 Å². The predicted octanol–water partition coefficient (Wildman–Crippen LogP) is 9.87. The number of hydrogen-bond acceptors (Lipinski definition) is 8.